The molecule has 1 aliphatic rings. The van der Waals surface area contributed by atoms with Gasteiger partial charge in [-0.25, -0.2) is 8.42 Å². The molecule has 1 atom stereocenters. The van der Waals surface area contributed by atoms with Crippen molar-refractivity contribution >= 4 is 15.9 Å². The maximum absolute atomic E-state index is 13.3. The molecule has 0 aromatic heterocycles. The lowest BCUT2D eigenvalue weighted by molar-refractivity contribution is -0.122. The van der Waals surface area contributed by atoms with Crippen LogP contribution in [0, 0.1) is 0 Å². The molecule has 1 amide bonds. The molecule has 31 heavy (non-hydrogen) atoms. The van der Waals surface area contributed by atoms with Gasteiger partial charge in [-0.2, -0.15) is 4.31 Å². The number of carbonyl (C=O) groups is 1. The van der Waals surface area contributed by atoms with E-state index in [9.17, 15) is 13.2 Å². The topological polar surface area (TPSA) is 66.5 Å². The van der Waals surface area contributed by atoms with E-state index in [0.29, 0.717) is 0 Å². The van der Waals surface area contributed by atoms with Crippen molar-refractivity contribution in [3.63, 3.8) is 0 Å². The number of benzene rings is 3. The van der Waals surface area contributed by atoms with Crippen molar-refractivity contribution in [1.82, 2.24) is 9.62 Å². The predicted molar refractivity (Wildman–Crippen MR) is 121 cm³/mol. The Balaban J connectivity index is 1.55. The van der Waals surface area contributed by atoms with Crippen LogP contribution in [0.25, 0.3) is 0 Å². The fraction of sp³-hybridized carbons (Fsp3) is 0.240. The third-order valence-corrected chi connectivity index (χ3v) is 7.41. The van der Waals surface area contributed by atoms with Crippen LogP contribution in [0.5, 0.6) is 0 Å². The first kappa shape index (κ1) is 21.3. The van der Waals surface area contributed by atoms with Crippen LogP contribution in [-0.4, -0.2) is 25.2 Å². The first-order valence-electron chi connectivity index (χ1n) is 10.5. The minimum Gasteiger partial charge on any atom is -0.348 e. The molecule has 0 spiro atoms. The van der Waals surface area contributed by atoms with Crippen molar-refractivity contribution in [2.75, 3.05) is 6.54 Å². The molecule has 160 valence electrons. The minimum atomic E-state index is -3.82. The van der Waals surface area contributed by atoms with Crippen LogP contribution in [0.4, 0.5) is 0 Å². The molecule has 0 unspecified atom stereocenters. The van der Waals surface area contributed by atoms with Gasteiger partial charge in [-0.15, -0.1) is 0 Å². The van der Waals surface area contributed by atoms with Crippen molar-refractivity contribution in [3.8, 4) is 0 Å². The van der Waals surface area contributed by atoms with Gasteiger partial charge in [-0.3, -0.25) is 4.79 Å². The fourth-order valence-electron chi connectivity index (χ4n) is 4.06. The second kappa shape index (κ2) is 9.45. The summed E-state index contributed by atoms with van der Waals surface area (Å²) in [6.07, 6.45) is 2.86. The zero-order valence-electron chi connectivity index (χ0n) is 17.3. The van der Waals surface area contributed by atoms with E-state index in [2.05, 4.69) is 11.4 Å². The van der Waals surface area contributed by atoms with Crippen molar-refractivity contribution in [3.05, 3.63) is 102 Å². The molecule has 0 fully saturated rings. The summed E-state index contributed by atoms with van der Waals surface area (Å²) in [5.41, 5.74) is 3.21. The number of rotatable bonds is 7. The van der Waals surface area contributed by atoms with Gasteiger partial charge in [-0.1, -0.05) is 72.8 Å². The van der Waals surface area contributed by atoms with Crippen LogP contribution in [0.1, 0.15) is 35.6 Å². The number of nitrogens with one attached hydrogen (secondary N) is 1. The quantitative estimate of drug-likeness (QED) is 0.610. The van der Waals surface area contributed by atoms with Crippen LogP contribution in [-0.2, 0) is 27.8 Å². The van der Waals surface area contributed by atoms with Crippen LogP contribution < -0.4 is 5.32 Å². The summed E-state index contributed by atoms with van der Waals surface area (Å²) < 4.78 is 27.9. The Morgan fingerprint density at radius 3 is 2.29 bits per heavy atom. The largest absolute Gasteiger partial charge is 0.348 e. The number of fused-ring (bicyclic) bond motifs is 1. The zero-order chi connectivity index (χ0) is 21.7. The average molecular weight is 435 g/mol. The van der Waals surface area contributed by atoms with Gasteiger partial charge in [0.05, 0.1) is 17.5 Å². The second-order valence-electron chi connectivity index (χ2n) is 7.78. The van der Waals surface area contributed by atoms with Crippen LogP contribution in [0.15, 0.2) is 89.8 Å². The molecule has 0 aliphatic heterocycles. The molecular weight excluding hydrogens is 408 g/mol. The molecule has 0 radical (unpaired) electrons. The Morgan fingerprint density at radius 1 is 0.903 bits per heavy atom. The first-order chi connectivity index (χ1) is 15.0. The first-order valence-corrected chi connectivity index (χ1v) is 11.9. The van der Waals surface area contributed by atoms with Gasteiger partial charge in [-0.05, 0) is 48.1 Å². The van der Waals surface area contributed by atoms with Gasteiger partial charge < -0.3 is 5.32 Å². The Hall–Kier alpha value is -2.96. The molecule has 0 saturated carbocycles. The van der Waals surface area contributed by atoms with Gasteiger partial charge in [0.2, 0.25) is 15.9 Å². The highest BCUT2D eigenvalue weighted by Gasteiger charge is 2.28. The van der Waals surface area contributed by atoms with Crippen molar-refractivity contribution in [2.45, 2.75) is 36.7 Å². The van der Waals surface area contributed by atoms with Gasteiger partial charge in [0.25, 0.3) is 0 Å². The van der Waals surface area contributed by atoms with E-state index in [1.54, 1.807) is 30.3 Å². The highest BCUT2D eigenvalue weighted by molar-refractivity contribution is 7.89. The SMILES string of the molecule is O=C(CN(Cc1ccccc1)S(=O)(=O)c1ccccc1)N[C@H]1CCCc2ccccc21. The third kappa shape index (κ3) is 5.03. The summed E-state index contributed by atoms with van der Waals surface area (Å²) in [4.78, 5) is 13.2. The Morgan fingerprint density at radius 2 is 1.55 bits per heavy atom. The number of sulfonamides is 1. The molecule has 4 rings (SSSR count). The minimum absolute atomic E-state index is 0.0875. The molecular formula is C25H26N2O3S. The standard InChI is InChI=1S/C25H26N2O3S/c28-25(26-24-17-9-13-21-12-7-8-16-23(21)24)19-27(18-20-10-3-1-4-11-20)31(29,30)22-14-5-2-6-15-22/h1-8,10-12,14-16,24H,9,13,17-19H2,(H,26,28)/t24-/m0/s1. The van der Waals surface area contributed by atoms with E-state index in [4.69, 9.17) is 0 Å². The van der Waals surface area contributed by atoms with Crippen molar-refractivity contribution in [1.29, 1.82) is 0 Å². The number of aryl methyl sites for hydroxylation is 1. The summed E-state index contributed by atoms with van der Waals surface area (Å²) in [6, 6.07) is 25.6. The maximum atomic E-state index is 13.3. The van der Waals surface area contributed by atoms with Gasteiger partial charge in [0.15, 0.2) is 0 Å². The summed E-state index contributed by atoms with van der Waals surface area (Å²) >= 11 is 0. The van der Waals surface area contributed by atoms with Crippen molar-refractivity contribution in [2.24, 2.45) is 0 Å². The number of hydrogen-bond acceptors (Lipinski definition) is 3. The number of nitrogens with zero attached hydrogens (tertiary/aromatic N) is 1. The molecule has 1 aliphatic carbocycles. The molecule has 0 heterocycles. The predicted octanol–water partition coefficient (Wildman–Crippen LogP) is 4.07. The Kier molecular flexibility index (Phi) is 6.49. The molecule has 1 N–H and O–H groups in total. The van der Waals surface area contributed by atoms with E-state index in [1.165, 1.54) is 9.87 Å². The summed E-state index contributed by atoms with van der Waals surface area (Å²) in [5.74, 6) is -0.294. The Bertz CT molecular complexity index is 1130. The molecule has 5 nitrogen and oxygen atoms in total. The highest BCUT2D eigenvalue weighted by Crippen LogP contribution is 2.29. The second-order valence-corrected chi connectivity index (χ2v) is 9.72. The van der Waals surface area contributed by atoms with Crippen LogP contribution >= 0.6 is 0 Å². The van der Waals surface area contributed by atoms with Gasteiger partial charge in [0.1, 0.15) is 0 Å². The lowest BCUT2D eigenvalue weighted by Crippen LogP contribution is -2.42. The zero-order valence-corrected chi connectivity index (χ0v) is 18.1. The lowest BCUT2D eigenvalue weighted by atomic mass is 9.88. The summed E-state index contributed by atoms with van der Waals surface area (Å²) in [7, 11) is -3.82. The lowest BCUT2D eigenvalue weighted by Gasteiger charge is -2.28. The Labute approximate surface area is 183 Å². The molecule has 0 saturated heterocycles. The number of carbonyl (C=O) groups excluding carboxylic acids is 1. The van der Waals surface area contributed by atoms with E-state index in [-0.39, 0.29) is 29.9 Å². The number of amides is 1. The van der Waals surface area contributed by atoms with Gasteiger partial charge >= 0.3 is 0 Å². The van der Waals surface area contributed by atoms with E-state index < -0.39 is 10.0 Å². The summed E-state index contributed by atoms with van der Waals surface area (Å²) in [5, 5.41) is 3.07. The van der Waals surface area contributed by atoms with Gasteiger partial charge in [0, 0.05) is 6.54 Å². The van der Waals surface area contributed by atoms with Crippen LogP contribution in [0.3, 0.4) is 0 Å². The van der Waals surface area contributed by atoms with Crippen molar-refractivity contribution < 1.29 is 13.2 Å². The van der Waals surface area contributed by atoms with Crippen LogP contribution in [0.2, 0.25) is 0 Å². The number of hydrogen-bond donors (Lipinski definition) is 1. The van der Waals surface area contributed by atoms with E-state index in [0.717, 1.165) is 30.4 Å². The molecule has 3 aromatic rings. The van der Waals surface area contributed by atoms with E-state index >= 15 is 0 Å². The maximum Gasteiger partial charge on any atom is 0.243 e. The highest BCUT2D eigenvalue weighted by atomic mass is 32.2. The third-order valence-electron chi connectivity index (χ3n) is 5.61. The molecule has 0 bridgehead atoms. The average Bonchev–Trinajstić information content (AvgIpc) is 2.80. The molecule has 3 aromatic carbocycles. The fourth-order valence-corrected chi connectivity index (χ4v) is 5.46. The summed E-state index contributed by atoms with van der Waals surface area (Å²) in [6.45, 7) is -0.0997. The van der Waals surface area contributed by atoms with E-state index in [1.807, 2.05) is 48.5 Å². The normalized spacial score (nSPS) is 16.0. The smallest absolute Gasteiger partial charge is 0.243 e. The molecule has 6 heteroatoms. The monoisotopic (exact) mass is 434 g/mol.